The van der Waals surface area contributed by atoms with Crippen molar-refractivity contribution in [2.24, 2.45) is 0 Å². The summed E-state index contributed by atoms with van der Waals surface area (Å²) in [6, 6.07) is 6.83. The maximum Gasteiger partial charge on any atom is 0.207 e. The quantitative estimate of drug-likeness (QED) is 0.746. The molecule has 0 N–H and O–H groups in total. The van der Waals surface area contributed by atoms with Crippen LogP contribution in [-0.4, -0.2) is 5.78 Å². The Balaban J connectivity index is 2.95. The lowest BCUT2D eigenvalue weighted by atomic mass is 10.2. The largest absolute Gasteiger partial charge is 0.452 e. The van der Waals surface area contributed by atoms with Crippen LogP contribution < -0.4 is 5.43 Å². The first-order valence-corrected chi connectivity index (χ1v) is 5.13. The number of para-hydroxylation sites is 1. The number of Topliss-reactive ketones (excluding diaryl/α,β-unsaturated/α-hetero) is 1. The van der Waals surface area contributed by atoms with E-state index in [1.165, 1.54) is 6.92 Å². The molecule has 0 spiro atoms. The summed E-state index contributed by atoms with van der Waals surface area (Å²) in [5.74, 6) is -0.205. The minimum atomic E-state index is -0.273. The molecule has 0 unspecified atom stereocenters. The van der Waals surface area contributed by atoms with E-state index in [9.17, 15) is 9.59 Å². The summed E-state index contributed by atoms with van der Waals surface area (Å²) in [7, 11) is 0. The van der Waals surface area contributed by atoms with E-state index in [0.717, 1.165) is 0 Å². The molecule has 3 nitrogen and oxygen atoms in total. The Hall–Kier alpha value is -1.42. The van der Waals surface area contributed by atoms with E-state index in [4.69, 9.17) is 4.42 Å². The summed E-state index contributed by atoms with van der Waals surface area (Å²) in [6.07, 6.45) is 0. The highest BCUT2D eigenvalue weighted by Crippen LogP contribution is 2.19. The molecule has 0 fully saturated rings. The van der Waals surface area contributed by atoms with Crippen molar-refractivity contribution in [3.63, 3.8) is 0 Å². The van der Waals surface area contributed by atoms with E-state index in [-0.39, 0.29) is 21.4 Å². The zero-order valence-corrected chi connectivity index (χ0v) is 9.50. The zero-order chi connectivity index (χ0) is 11.0. The van der Waals surface area contributed by atoms with Gasteiger partial charge in [-0.3, -0.25) is 9.59 Å². The van der Waals surface area contributed by atoms with Gasteiger partial charge in [-0.15, -0.1) is 0 Å². The molecule has 0 aliphatic heterocycles. The fourth-order valence-corrected chi connectivity index (χ4v) is 1.92. The maximum atomic E-state index is 11.8. The van der Waals surface area contributed by atoms with Crippen molar-refractivity contribution in [3.05, 3.63) is 44.7 Å². The Labute approximate surface area is 93.8 Å². The fourth-order valence-electron chi connectivity index (χ4n) is 1.35. The first-order valence-electron chi connectivity index (χ1n) is 4.33. The molecular formula is C11H7BrO3. The maximum absolute atomic E-state index is 11.8. The Kier molecular flexibility index (Phi) is 2.44. The average Bonchev–Trinajstić information content (AvgIpc) is 2.23. The summed E-state index contributed by atoms with van der Waals surface area (Å²) >= 11 is 3.07. The Morgan fingerprint density at radius 3 is 2.67 bits per heavy atom. The van der Waals surface area contributed by atoms with Crippen LogP contribution >= 0.6 is 15.9 Å². The smallest absolute Gasteiger partial charge is 0.207 e. The monoisotopic (exact) mass is 266 g/mol. The van der Waals surface area contributed by atoms with E-state index < -0.39 is 0 Å². The molecule has 4 heteroatoms. The van der Waals surface area contributed by atoms with Crippen LogP contribution in [0.15, 0.2) is 37.9 Å². The molecule has 0 aliphatic rings. The molecule has 1 aromatic carbocycles. The minimum Gasteiger partial charge on any atom is -0.452 e. The molecule has 0 saturated heterocycles. The Morgan fingerprint density at radius 2 is 2.00 bits per heavy atom. The topological polar surface area (TPSA) is 47.3 Å². The van der Waals surface area contributed by atoms with Crippen molar-refractivity contribution in [1.82, 2.24) is 0 Å². The second-order valence-corrected chi connectivity index (χ2v) is 3.92. The lowest BCUT2D eigenvalue weighted by Gasteiger charge is -2.01. The number of carbonyl (C=O) groups is 1. The summed E-state index contributed by atoms with van der Waals surface area (Å²) in [5.41, 5.74) is 0.206. The van der Waals surface area contributed by atoms with Crippen LogP contribution in [-0.2, 0) is 0 Å². The third kappa shape index (κ3) is 1.61. The highest BCUT2D eigenvalue weighted by Gasteiger charge is 2.14. The number of rotatable bonds is 1. The Bertz CT molecular complexity index is 598. The van der Waals surface area contributed by atoms with Crippen molar-refractivity contribution in [3.8, 4) is 0 Å². The van der Waals surface area contributed by atoms with Crippen molar-refractivity contribution >= 4 is 32.7 Å². The Morgan fingerprint density at radius 1 is 1.33 bits per heavy atom. The number of hydrogen-bond acceptors (Lipinski definition) is 3. The third-order valence-electron chi connectivity index (χ3n) is 2.06. The molecule has 0 atom stereocenters. The van der Waals surface area contributed by atoms with Crippen molar-refractivity contribution in [2.45, 2.75) is 6.92 Å². The van der Waals surface area contributed by atoms with Crippen molar-refractivity contribution in [1.29, 1.82) is 0 Å². The number of ketones is 1. The van der Waals surface area contributed by atoms with Gasteiger partial charge in [0, 0.05) is 6.92 Å². The summed E-state index contributed by atoms with van der Waals surface area (Å²) < 4.78 is 5.53. The fraction of sp³-hybridized carbons (Fsp3) is 0.0909. The lowest BCUT2D eigenvalue weighted by molar-refractivity contribution is 0.0986. The van der Waals surface area contributed by atoms with Crippen LogP contribution in [0.2, 0.25) is 0 Å². The van der Waals surface area contributed by atoms with E-state index in [0.29, 0.717) is 11.0 Å². The molecule has 0 amide bonds. The second-order valence-electron chi connectivity index (χ2n) is 3.13. The molecule has 15 heavy (non-hydrogen) atoms. The van der Waals surface area contributed by atoms with Gasteiger partial charge >= 0.3 is 0 Å². The predicted molar refractivity (Wildman–Crippen MR) is 60.2 cm³/mol. The zero-order valence-electron chi connectivity index (χ0n) is 7.91. The van der Waals surface area contributed by atoms with Crippen LogP contribution in [0.1, 0.15) is 17.5 Å². The predicted octanol–water partition coefficient (Wildman–Crippen LogP) is 2.76. The van der Waals surface area contributed by atoms with Crippen LogP contribution in [0.25, 0.3) is 11.0 Å². The van der Waals surface area contributed by atoms with Crippen molar-refractivity contribution in [2.75, 3.05) is 0 Å². The summed E-state index contributed by atoms with van der Waals surface area (Å²) in [4.78, 5) is 23.0. The van der Waals surface area contributed by atoms with Gasteiger partial charge in [-0.1, -0.05) is 12.1 Å². The van der Waals surface area contributed by atoms with Gasteiger partial charge in [-0.05, 0) is 28.1 Å². The summed E-state index contributed by atoms with van der Waals surface area (Å²) in [6.45, 7) is 1.36. The molecule has 1 heterocycles. The minimum absolute atomic E-state index is 0.0682. The SMILES string of the molecule is CC(=O)c1oc2ccccc2c(=O)c1Br. The van der Waals surface area contributed by atoms with E-state index >= 15 is 0 Å². The number of halogens is 1. The van der Waals surface area contributed by atoms with Gasteiger partial charge in [-0.2, -0.15) is 0 Å². The molecular weight excluding hydrogens is 260 g/mol. The molecule has 1 aromatic heterocycles. The molecule has 76 valence electrons. The van der Waals surface area contributed by atoms with Crippen LogP contribution in [0.5, 0.6) is 0 Å². The van der Waals surface area contributed by atoms with Gasteiger partial charge < -0.3 is 4.42 Å². The number of carbonyl (C=O) groups excluding carboxylic acids is 1. The molecule has 2 aromatic rings. The van der Waals surface area contributed by atoms with Gasteiger partial charge in [0.05, 0.1) is 5.39 Å². The molecule has 0 aliphatic carbocycles. The van der Waals surface area contributed by atoms with E-state index in [1.807, 2.05) is 0 Å². The number of hydrogen-bond donors (Lipinski definition) is 0. The van der Waals surface area contributed by atoms with Crippen LogP contribution in [0.3, 0.4) is 0 Å². The standard InChI is InChI=1S/C11H7BrO3/c1-6(13)11-9(12)10(14)7-4-2-3-5-8(7)15-11/h2-5H,1H3. The normalized spacial score (nSPS) is 10.5. The molecule has 0 saturated carbocycles. The van der Waals surface area contributed by atoms with Gasteiger partial charge in [0.25, 0.3) is 0 Å². The second kappa shape index (κ2) is 3.62. The van der Waals surface area contributed by atoms with E-state index in [2.05, 4.69) is 15.9 Å². The average molecular weight is 267 g/mol. The van der Waals surface area contributed by atoms with Gasteiger partial charge in [0.2, 0.25) is 5.43 Å². The number of benzene rings is 1. The third-order valence-corrected chi connectivity index (χ3v) is 2.78. The highest BCUT2D eigenvalue weighted by molar-refractivity contribution is 9.10. The van der Waals surface area contributed by atoms with Crippen LogP contribution in [0, 0.1) is 0 Å². The summed E-state index contributed by atoms with van der Waals surface area (Å²) in [5, 5.41) is 0.467. The molecule has 2 rings (SSSR count). The van der Waals surface area contributed by atoms with Gasteiger partial charge in [0.15, 0.2) is 11.5 Å². The molecule has 0 bridgehead atoms. The lowest BCUT2D eigenvalue weighted by Crippen LogP contribution is -2.08. The highest BCUT2D eigenvalue weighted by atomic mass is 79.9. The molecule has 0 radical (unpaired) electrons. The number of fused-ring (bicyclic) bond motifs is 1. The van der Waals surface area contributed by atoms with Crippen molar-refractivity contribution < 1.29 is 9.21 Å². The van der Waals surface area contributed by atoms with Gasteiger partial charge in [0.1, 0.15) is 10.1 Å². The van der Waals surface area contributed by atoms with Gasteiger partial charge in [-0.25, -0.2) is 0 Å². The first-order chi connectivity index (χ1) is 7.11. The van der Waals surface area contributed by atoms with E-state index in [1.54, 1.807) is 24.3 Å². The van der Waals surface area contributed by atoms with Crippen LogP contribution in [0.4, 0.5) is 0 Å². The first kappa shape index (κ1) is 10.1.